The molecule has 0 amide bonds. The maximum atomic E-state index is 5.47. The monoisotopic (exact) mass is 273 g/mol. The third-order valence-corrected chi connectivity index (χ3v) is 4.15. The Labute approximate surface area is 119 Å². The first-order chi connectivity index (χ1) is 9.34. The van der Waals surface area contributed by atoms with Crippen LogP contribution in [0.1, 0.15) is 24.8 Å². The fourth-order valence-electron chi connectivity index (χ4n) is 2.66. The van der Waals surface area contributed by atoms with Gasteiger partial charge in [0, 0.05) is 36.7 Å². The summed E-state index contributed by atoms with van der Waals surface area (Å²) in [5, 5.41) is 5.55. The van der Waals surface area contributed by atoms with Crippen LogP contribution in [0.3, 0.4) is 0 Å². The average Bonchev–Trinajstić information content (AvgIpc) is 2.89. The highest BCUT2D eigenvalue weighted by atomic mass is 32.1. The number of fused-ring (bicyclic) bond motifs is 1. The lowest BCUT2D eigenvalue weighted by atomic mass is 10.1. The van der Waals surface area contributed by atoms with Crippen molar-refractivity contribution in [3.8, 4) is 0 Å². The minimum Gasteiger partial charge on any atom is -0.361 e. The van der Waals surface area contributed by atoms with Crippen molar-refractivity contribution in [1.29, 1.82) is 0 Å². The molecule has 0 spiro atoms. The van der Waals surface area contributed by atoms with E-state index in [1.54, 1.807) is 0 Å². The number of likely N-dealkylation sites (tertiary alicyclic amines) is 1. The van der Waals surface area contributed by atoms with Crippen molar-refractivity contribution < 1.29 is 0 Å². The zero-order chi connectivity index (χ0) is 13.1. The van der Waals surface area contributed by atoms with Crippen molar-refractivity contribution in [2.75, 3.05) is 13.1 Å². The third kappa shape index (κ3) is 2.73. The van der Waals surface area contributed by atoms with Crippen molar-refractivity contribution in [3.05, 3.63) is 36.0 Å². The molecule has 2 heterocycles. The maximum Gasteiger partial charge on any atom is 0.169 e. The minimum atomic E-state index is 0.791. The number of benzene rings is 1. The number of aromatic nitrogens is 1. The highest BCUT2D eigenvalue weighted by Crippen LogP contribution is 2.17. The molecule has 1 aliphatic rings. The molecule has 1 fully saturated rings. The van der Waals surface area contributed by atoms with Crippen molar-refractivity contribution in [1.82, 2.24) is 15.2 Å². The Hall–Kier alpha value is -1.55. The fourth-order valence-corrected chi connectivity index (χ4v) is 2.91. The summed E-state index contributed by atoms with van der Waals surface area (Å²) in [6.07, 6.45) is 5.92. The van der Waals surface area contributed by atoms with E-state index in [0.29, 0.717) is 0 Å². The molecule has 1 aliphatic heterocycles. The number of rotatable bonds is 2. The van der Waals surface area contributed by atoms with Gasteiger partial charge in [-0.05, 0) is 43.1 Å². The number of para-hydroxylation sites is 1. The van der Waals surface area contributed by atoms with Gasteiger partial charge in [-0.2, -0.15) is 0 Å². The predicted molar refractivity (Wildman–Crippen MR) is 83.2 cm³/mol. The maximum absolute atomic E-state index is 5.47. The van der Waals surface area contributed by atoms with Crippen LogP contribution in [0.4, 0.5) is 0 Å². The minimum absolute atomic E-state index is 0.791. The van der Waals surface area contributed by atoms with Crippen molar-refractivity contribution >= 4 is 28.2 Å². The molecule has 0 bridgehead atoms. The van der Waals surface area contributed by atoms with E-state index in [-0.39, 0.29) is 0 Å². The Balaban J connectivity index is 1.64. The summed E-state index contributed by atoms with van der Waals surface area (Å²) >= 11 is 5.47. The largest absolute Gasteiger partial charge is 0.361 e. The summed E-state index contributed by atoms with van der Waals surface area (Å²) in [6, 6.07) is 8.37. The van der Waals surface area contributed by atoms with Crippen molar-refractivity contribution in [3.63, 3.8) is 0 Å². The van der Waals surface area contributed by atoms with E-state index >= 15 is 0 Å². The van der Waals surface area contributed by atoms with Gasteiger partial charge >= 0.3 is 0 Å². The molecule has 0 saturated carbocycles. The summed E-state index contributed by atoms with van der Waals surface area (Å²) in [5.74, 6) is 0. The summed E-state index contributed by atoms with van der Waals surface area (Å²) in [4.78, 5) is 5.58. The molecule has 1 aromatic heterocycles. The number of thiocarbonyl (C=S) groups is 1. The predicted octanol–water partition coefficient (Wildman–Crippen LogP) is 3.03. The number of hydrogen-bond donors (Lipinski definition) is 2. The Bertz CT molecular complexity index is 570. The van der Waals surface area contributed by atoms with Gasteiger partial charge in [-0.15, -0.1) is 0 Å². The second kappa shape index (κ2) is 5.61. The van der Waals surface area contributed by atoms with E-state index < -0.39 is 0 Å². The standard InChI is InChI=1S/C15H19N3S/c19-15(18-8-4-1-5-9-18)17-11-12-10-16-14-7-3-2-6-13(12)14/h2-3,6-7,10,16H,1,4-5,8-9,11H2,(H,17,19). The smallest absolute Gasteiger partial charge is 0.169 e. The molecule has 3 rings (SSSR count). The molecule has 0 unspecified atom stereocenters. The molecule has 3 nitrogen and oxygen atoms in total. The molecule has 2 aromatic rings. The normalized spacial score (nSPS) is 15.7. The van der Waals surface area contributed by atoms with Gasteiger partial charge in [0.05, 0.1) is 0 Å². The van der Waals surface area contributed by atoms with E-state index in [1.165, 1.54) is 35.7 Å². The summed E-state index contributed by atoms with van der Waals surface area (Å²) < 4.78 is 0. The molecular weight excluding hydrogens is 254 g/mol. The SMILES string of the molecule is S=C(NCc1c[nH]c2ccccc12)N1CCCCC1. The summed E-state index contributed by atoms with van der Waals surface area (Å²) in [6.45, 7) is 2.98. The molecule has 0 atom stereocenters. The van der Waals surface area contributed by atoms with Crippen LogP contribution in [-0.2, 0) is 6.54 Å². The average molecular weight is 273 g/mol. The molecule has 0 radical (unpaired) electrons. The van der Waals surface area contributed by atoms with Crippen LogP contribution in [0.2, 0.25) is 0 Å². The van der Waals surface area contributed by atoms with Crippen molar-refractivity contribution in [2.24, 2.45) is 0 Å². The molecule has 2 N–H and O–H groups in total. The molecule has 4 heteroatoms. The lowest BCUT2D eigenvalue weighted by Crippen LogP contribution is -2.42. The van der Waals surface area contributed by atoms with E-state index in [9.17, 15) is 0 Å². The van der Waals surface area contributed by atoms with E-state index in [2.05, 4.69) is 45.7 Å². The molecule has 100 valence electrons. The summed E-state index contributed by atoms with van der Waals surface area (Å²) in [7, 11) is 0. The van der Waals surface area contributed by atoms with Gasteiger partial charge < -0.3 is 15.2 Å². The van der Waals surface area contributed by atoms with E-state index in [4.69, 9.17) is 12.2 Å². The molecule has 1 aromatic carbocycles. The van der Waals surface area contributed by atoms with Crippen LogP contribution in [0.5, 0.6) is 0 Å². The third-order valence-electron chi connectivity index (χ3n) is 3.75. The van der Waals surface area contributed by atoms with Gasteiger partial charge in [0.2, 0.25) is 0 Å². The van der Waals surface area contributed by atoms with Gasteiger partial charge in [-0.1, -0.05) is 18.2 Å². The fraction of sp³-hybridized carbons (Fsp3) is 0.400. The molecule has 0 aliphatic carbocycles. The number of nitrogens with one attached hydrogen (secondary N) is 2. The van der Waals surface area contributed by atoms with Crippen LogP contribution >= 0.6 is 12.2 Å². The number of nitrogens with zero attached hydrogens (tertiary/aromatic N) is 1. The lowest BCUT2D eigenvalue weighted by Gasteiger charge is -2.29. The second-order valence-corrected chi connectivity index (χ2v) is 5.45. The lowest BCUT2D eigenvalue weighted by molar-refractivity contribution is 0.338. The van der Waals surface area contributed by atoms with Crippen LogP contribution < -0.4 is 5.32 Å². The van der Waals surface area contributed by atoms with Gasteiger partial charge in [0.15, 0.2) is 5.11 Å². The Morgan fingerprint density at radius 1 is 1.21 bits per heavy atom. The topological polar surface area (TPSA) is 31.1 Å². The first-order valence-corrected chi connectivity index (χ1v) is 7.33. The van der Waals surface area contributed by atoms with Gasteiger partial charge in [-0.3, -0.25) is 0 Å². The van der Waals surface area contributed by atoms with Crippen LogP contribution in [0.15, 0.2) is 30.5 Å². The van der Waals surface area contributed by atoms with Gasteiger partial charge in [0.25, 0.3) is 0 Å². The highest BCUT2D eigenvalue weighted by Gasteiger charge is 2.13. The van der Waals surface area contributed by atoms with Gasteiger partial charge in [0.1, 0.15) is 0 Å². The Morgan fingerprint density at radius 3 is 2.84 bits per heavy atom. The van der Waals surface area contributed by atoms with Crippen molar-refractivity contribution in [2.45, 2.75) is 25.8 Å². The summed E-state index contributed by atoms with van der Waals surface area (Å²) in [5.41, 5.74) is 2.46. The molecular formula is C15H19N3S. The zero-order valence-corrected chi connectivity index (χ0v) is 11.8. The van der Waals surface area contributed by atoms with Crippen LogP contribution in [0, 0.1) is 0 Å². The first kappa shape index (κ1) is 12.5. The van der Waals surface area contributed by atoms with Gasteiger partial charge in [-0.25, -0.2) is 0 Å². The number of hydrogen-bond acceptors (Lipinski definition) is 1. The van der Waals surface area contributed by atoms with E-state index in [0.717, 1.165) is 24.7 Å². The first-order valence-electron chi connectivity index (χ1n) is 6.92. The molecule has 19 heavy (non-hydrogen) atoms. The Kier molecular flexibility index (Phi) is 3.69. The Morgan fingerprint density at radius 2 is 2.00 bits per heavy atom. The number of aromatic amines is 1. The molecule has 1 saturated heterocycles. The number of H-pyrrole nitrogens is 1. The zero-order valence-electron chi connectivity index (χ0n) is 11.0. The highest BCUT2D eigenvalue weighted by molar-refractivity contribution is 7.80. The number of piperidine rings is 1. The quantitative estimate of drug-likeness (QED) is 0.825. The van der Waals surface area contributed by atoms with E-state index in [1.807, 2.05) is 0 Å². The van der Waals surface area contributed by atoms with Crippen LogP contribution in [0.25, 0.3) is 10.9 Å². The van der Waals surface area contributed by atoms with Crippen LogP contribution in [-0.4, -0.2) is 28.1 Å². The second-order valence-electron chi connectivity index (χ2n) is 5.07.